The first kappa shape index (κ1) is 14.1. The van der Waals surface area contributed by atoms with E-state index in [9.17, 15) is 4.79 Å². The first-order chi connectivity index (χ1) is 9.17. The SMILES string of the molecule is CCc1cc(NC(=O)CSCc2csc(C)n2)n[nH]1. The van der Waals surface area contributed by atoms with Crippen LogP contribution in [0.15, 0.2) is 11.4 Å². The van der Waals surface area contributed by atoms with Crippen LogP contribution in [0.4, 0.5) is 5.82 Å². The number of amides is 1. The smallest absolute Gasteiger partial charge is 0.235 e. The average molecular weight is 296 g/mol. The van der Waals surface area contributed by atoms with Crippen LogP contribution < -0.4 is 5.32 Å². The molecule has 2 N–H and O–H groups in total. The number of anilines is 1. The van der Waals surface area contributed by atoms with Crippen molar-refractivity contribution >= 4 is 34.8 Å². The quantitative estimate of drug-likeness (QED) is 0.859. The van der Waals surface area contributed by atoms with Crippen LogP contribution in [-0.2, 0) is 17.0 Å². The summed E-state index contributed by atoms with van der Waals surface area (Å²) in [4.78, 5) is 16.1. The molecular weight excluding hydrogens is 280 g/mol. The van der Waals surface area contributed by atoms with E-state index in [0.717, 1.165) is 28.6 Å². The molecule has 7 heteroatoms. The molecule has 1 amide bonds. The molecule has 0 spiro atoms. The van der Waals surface area contributed by atoms with Gasteiger partial charge in [0.25, 0.3) is 0 Å². The fraction of sp³-hybridized carbons (Fsp3) is 0.417. The van der Waals surface area contributed by atoms with Crippen LogP contribution >= 0.6 is 23.1 Å². The van der Waals surface area contributed by atoms with Gasteiger partial charge in [-0.15, -0.1) is 23.1 Å². The monoisotopic (exact) mass is 296 g/mol. The Hall–Kier alpha value is -1.34. The van der Waals surface area contributed by atoms with Crippen molar-refractivity contribution in [2.45, 2.75) is 26.0 Å². The predicted octanol–water partition coefficient (Wildman–Crippen LogP) is 2.61. The number of rotatable bonds is 6. The van der Waals surface area contributed by atoms with Gasteiger partial charge in [0.15, 0.2) is 5.82 Å². The lowest BCUT2D eigenvalue weighted by Crippen LogP contribution is -2.14. The molecule has 0 fully saturated rings. The Kier molecular flexibility index (Phi) is 4.98. The summed E-state index contributed by atoms with van der Waals surface area (Å²) in [7, 11) is 0. The van der Waals surface area contributed by atoms with Gasteiger partial charge < -0.3 is 5.32 Å². The zero-order valence-corrected chi connectivity index (χ0v) is 12.5. The second-order valence-corrected chi connectivity index (χ2v) is 6.08. The van der Waals surface area contributed by atoms with E-state index in [1.165, 1.54) is 0 Å². The Morgan fingerprint density at radius 3 is 3.05 bits per heavy atom. The maximum absolute atomic E-state index is 11.7. The average Bonchev–Trinajstić information content (AvgIpc) is 2.98. The number of aromatic amines is 1. The molecule has 2 heterocycles. The number of nitrogens with one attached hydrogen (secondary N) is 2. The number of thioether (sulfide) groups is 1. The van der Waals surface area contributed by atoms with Gasteiger partial charge >= 0.3 is 0 Å². The third-order valence-corrected chi connectivity index (χ3v) is 4.22. The lowest BCUT2D eigenvalue weighted by Gasteiger charge is -2.00. The molecule has 0 radical (unpaired) electrons. The number of hydrogen-bond acceptors (Lipinski definition) is 5. The van der Waals surface area contributed by atoms with Gasteiger partial charge in [-0.3, -0.25) is 9.89 Å². The second kappa shape index (κ2) is 6.72. The van der Waals surface area contributed by atoms with Crippen LogP contribution in [-0.4, -0.2) is 26.8 Å². The van der Waals surface area contributed by atoms with Gasteiger partial charge in [0.2, 0.25) is 5.91 Å². The fourth-order valence-electron chi connectivity index (χ4n) is 1.51. The molecule has 0 aliphatic carbocycles. The van der Waals surface area contributed by atoms with Crippen molar-refractivity contribution in [3.8, 4) is 0 Å². The van der Waals surface area contributed by atoms with Gasteiger partial charge in [0.1, 0.15) is 0 Å². The summed E-state index contributed by atoms with van der Waals surface area (Å²) >= 11 is 3.19. The van der Waals surface area contributed by atoms with Gasteiger partial charge in [-0.25, -0.2) is 4.98 Å². The van der Waals surface area contributed by atoms with Crippen molar-refractivity contribution in [2.24, 2.45) is 0 Å². The summed E-state index contributed by atoms with van der Waals surface area (Å²) in [5, 5.41) is 12.7. The van der Waals surface area contributed by atoms with E-state index in [4.69, 9.17) is 0 Å². The number of carbonyl (C=O) groups excluding carboxylic acids is 1. The van der Waals surface area contributed by atoms with Gasteiger partial charge in [-0.05, 0) is 13.3 Å². The van der Waals surface area contributed by atoms with E-state index in [1.54, 1.807) is 23.1 Å². The van der Waals surface area contributed by atoms with Gasteiger partial charge in [0.05, 0.1) is 16.5 Å². The normalized spacial score (nSPS) is 10.6. The number of H-pyrrole nitrogens is 1. The first-order valence-electron chi connectivity index (χ1n) is 6.00. The van der Waals surface area contributed by atoms with Crippen molar-refractivity contribution in [1.82, 2.24) is 15.2 Å². The first-order valence-corrected chi connectivity index (χ1v) is 8.03. The maximum Gasteiger partial charge on any atom is 0.235 e. The maximum atomic E-state index is 11.7. The zero-order valence-electron chi connectivity index (χ0n) is 10.9. The van der Waals surface area contributed by atoms with Crippen LogP contribution in [0.3, 0.4) is 0 Å². The van der Waals surface area contributed by atoms with E-state index in [1.807, 2.05) is 25.3 Å². The zero-order chi connectivity index (χ0) is 13.7. The third-order valence-electron chi connectivity index (χ3n) is 2.43. The fourth-order valence-corrected chi connectivity index (χ4v) is 2.94. The number of carbonyl (C=O) groups is 1. The molecular formula is C12H16N4OS2. The van der Waals surface area contributed by atoms with E-state index >= 15 is 0 Å². The Labute approximate surface area is 120 Å². The highest BCUT2D eigenvalue weighted by Crippen LogP contribution is 2.15. The number of hydrogen-bond donors (Lipinski definition) is 2. The van der Waals surface area contributed by atoms with Crippen molar-refractivity contribution in [3.63, 3.8) is 0 Å². The summed E-state index contributed by atoms with van der Waals surface area (Å²) in [5.74, 6) is 1.72. The lowest BCUT2D eigenvalue weighted by molar-refractivity contribution is -0.113. The molecule has 0 saturated heterocycles. The minimum absolute atomic E-state index is 0.0360. The molecule has 0 unspecified atom stereocenters. The molecule has 0 aromatic carbocycles. The van der Waals surface area contributed by atoms with Crippen molar-refractivity contribution in [3.05, 3.63) is 27.8 Å². The van der Waals surface area contributed by atoms with E-state index < -0.39 is 0 Å². The highest BCUT2D eigenvalue weighted by molar-refractivity contribution is 7.99. The van der Waals surface area contributed by atoms with Crippen molar-refractivity contribution in [1.29, 1.82) is 0 Å². The highest BCUT2D eigenvalue weighted by atomic mass is 32.2. The summed E-state index contributed by atoms with van der Waals surface area (Å²) in [6.07, 6.45) is 0.876. The standard InChI is InChI=1S/C12H16N4OS2/c1-3-9-4-11(16-15-9)14-12(17)7-18-5-10-6-19-8(2)13-10/h4,6H,3,5,7H2,1-2H3,(H2,14,15,16,17). The Balaban J connectivity index is 1.72. The summed E-state index contributed by atoms with van der Waals surface area (Å²) < 4.78 is 0. The van der Waals surface area contributed by atoms with Crippen LogP contribution in [0.1, 0.15) is 23.3 Å². The summed E-state index contributed by atoms with van der Waals surface area (Å²) in [5.41, 5.74) is 2.05. The molecule has 2 rings (SSSR count). The number of aryl methyl sites for hydroxylation is 2. The highest BCUT2D eigenvalue weighted by Gasteiger charge is 2.06. The van der Waals surface area contributed by atoms with Crippen LogP contribution in [0.2, 0.25) is 0 Å². The van der Waals surface area contributed by atoms with Gasteiger partial charge in [-0.1, -0.05) is 6.92 Å². The predicted molar refractivity (Wildman–Crippen MR) is 79.6 cm³/mol. The summed E-state index contributed by atoms with van der Waals surface area (Å²) in [6, 6.07) is 1.85. The Morgan fingerprint density at radius 2 is 2.42 bits per heavy atom. The largest absolute Gasteiger partial charge is 0.308 e. The van der Waals surface area contributed by atoms with Crippen LogP contribution in [0.5, 0.6) is 0 Å². The molecule has 0 atom stereocenters. The van der Waals surface area contributed by atoms with Crippen molar-refractivity contribution < 1.29 is 4.79 Å². The number of nitrogens with zero attached hydrogens (tertiary/aromatic N) is 2. The molecule has 5 nitrogen and oxygen atoms in total. The Bertz CT molecular complexity index is 549. The molecule has 102 valence electrons. The minimum Gasteiger partial charge on any atom is -0.308 e. The molecule has 0 aliphatic heterocycles. The topological polar surface area (TPSA) is 70.7 Å². The second-order valence-electron chi connectivity index (χ2n) is 4.03. The molecule has 2 aromatic rings. The third kappa shape index (κ3) is 4.36. The van der Waals surface area contributed by atoms with Crippen LogP contribution in [0.25, 0.3) is 0 Å². The number of thiazole rings is 1. The lowest BCUT2D eigenvalue weighted by atomic mass is 10.3. The Morgan fingerprint density at radius 1 is 1.58 bits per heavy atom. The van der Waals surface area contributed by atoms with Crippen molar-refractivity contribution in [2.75, 3.05) is 11.1 Å². The molecule has 19 heavy (non-hydrogen) atoms. The van der Waals surface area contributed by atoms with Gasteiger partial charge in [-0.2, -0.15) is 5.10 Å². The molecule has 0 aliphatic rings. The molecule has 0 saturated carbocycles. The molecule has 2 aromatic heterocycles. The molecule has 0 bridgehead atoms. The summed E-state index contributed by atoms with van der Waals surface area (Å²) in [6.45, 7) is 4.01. The van der Waals surface area contributed by atoms with E-state index in [2.05, 4.69) is 20.5 Å². The van der Waals surface area contributed by atoms with Gasteiger partial charge in [0, 0.05) is 22.9 Å². The minimum atomic E-state index is -0.0360. The van der Waals surface area contributed by atoms with E-state index in [0.29, 0.717) is 11.6 Å². The number of aromatic nitrogens is 3. The van der Waals surface area contributed by atoms with Crippen LogP contribution in [0, 0.1) is 6.92 Å². The van der Waals surface area contributed by atoms with E-state index in [-0.39, 0.29) is 5.91 Å².